The number of carbonyl (C=O) groups is 1. The van der Waals surface area contributed by atoms with Crippen LogP contribution in [0.25, 0.3) is 0 Å². The van der Waals surface area contributed by atoms with E-state index in [1.54, 1.807) is 25.1 Å². The molecule has 5 nitrogen and oxygen atoms in total. The Labute approximate surface area is 134 Å². The van der Waals surface area contributed by atoms with E-state index in [-0.39, 0.29) is 24.3 Å². The minimum absolute atomic E-state index is 0.118. The van der Waals surface area contributed by atoms with Crippen LogP contribution in [0.3, 0.4) is 0 Å². The normalized spacial score (nSPS) is 18.8. The molecule has 0 aliphatic carbocycles. The topological polar surface area (TPSA) is 58.4 Å². The second-order valence-electron chi connectivity index (χ2n) is 5.90. The van der Waals surface area contributed by atoms with E-state index in [0.717, 1.165) is 31.4 Å². The molecule has 122 valence electrons. The molecule has 1 amide bonds. The average Bonchev–Trinajstić information content (AvgIpc) is 2.94. The van der Waals surface area contributed by atoms with Crippen molar-refractivity contribution in [1.29, 1.82) is 0 Å². The summed E-state index contributed by atoms with van der Waals surface area (Å²) >= 11 is 0. The molecule has 1 aromatic heterocycles. The molecule has 1 atom stereocenters. The molecule has 23 heavy (non-hydrogen) atoms. The number of hydrogen-bond acceptors (Lipinski definition) is 4. The van der Waals surface area contributed by atoms with Gasteiger partial charge < -0.3 is 9.84 Å². The predicted octanol–water partition coefficient (Wildman–Crippen LogP) is 3.29. The van der Waals surface area contributed by atoms with Gasteiger partial charge >= 0.3 is 0 Å². The average molecular weight is 317 g/mol. The van der Waals surface area contributed by atoms with Gasteiger partial charge in [0.1, 0.15) is 11.6 Å². The standard InChI is InChI=1S/C17H20FN3O2/c1-12-10-16(20-23-12)19-17(22)11-21-9-3-2-4-15(21)13-5-7-14(18)8-6-13/h5-8,10,15H,2-4,9,11H2,1H3,(H,19,20,22)/t15-/m0/s1. The number of piperidine rings is 1. The fraction of sp³-hybridized carbons (Fsp3) is 0.412. The molecule has 1 saturated heterocycles. The number of likely N-dealkylation sites (tertiary alicyclic amines) is 1. The smallest absolute Gasteiger partial charge is 0.239 e. The van der Waals surface area contributed by atoms with Crippen molar-refractivity contribution in [2.24, 2.45) is 0 Å². The molecule has 0 unspecified atom stereocenters. The van der Waals surface area contributed by atoms with Crippen LogP contribution in [0.1, 0.15) is 36.6 Å². The van der Waals surface area contributed by atoms with Gasteiger partial charge in [0.15, 0.2) is 5.82 Å². The third-order valence-corrected chi connectivity index (χ3v) is 4.11. The first kappa shape index (κ1) is 15.7. The number of halogens is 1. The van der Waals surface area contributed by atoms with E-state index < -0.39 is 0 Å². The lowest BCUT2D eigenvalue weighted by atomic mass is 9.95. The summed E-state index contributed by atoms with van der Waals surface area (Å²) in [5, 5.41) is 6.51. The molecule has 0 saturated carbocycles. The maximum atomic E-state index is 13.1. The number of aryl methyl sites for hydroxylation is 1. The number of hydrogen-bond donors (Lipinski definition) is 1. The molecule has 2 aromatic rings. The van der Waals surface area contributed by atoms with Crippen molar-refractivity contribution in [3.8, 4) is 0 Å². The second-order valence-corrected chi connectivity index (χ2v) is 5.90. The molecule has 1 aromatic carbocycles. The zero-order chi connectivity index (χ0) is 16.2. The molecule has 3 rings (SSSR count). The van der Waals surface area contributed by atoms with Gasteiger partial charge in [-0.05, 0) is 44.0 Å². The Morgan fingerprint density at radius 2 is 2.17 bits per heavy atom. The molecule has 2 heterocycles. The maximum Gasteiger partial charge on any atom is 0.239 e. The Balaban J connectivity index is 1.66. The van der Waals surface area contributed by atoms with Gasteiger partial charge in [0, 0.05) is 12.1 Å². The molecule has 1 aliphatic rings. The van der Waals surface area contributed by atoms with Crippen LogP contribution >= 0.6 is 0 Å². The van der Waals surface area contributed by atoms with Crippen molar-refractivity contribution < 1.29 is 13.7 Å². The number of aromatic nitrogens is 1. The van der Waals surface area contributed by atoms with Crippen LogP contribution in [0.2, 0.25) is 0 Å². The Morgan fingerprint density at radius 1 is 1.39 bits per heavy atom. The number of amides is 1. The largest absolute Gasteiger partial charge is 0.360 e. The molecule has 0 bridgehead atoms. The molecular weight excluding hydrogens is 297 g/mol. The summed E-state index contributed by atoms with van der Waals surface area (Å²) in [5.74, 6) is 0.730. The highest BCUT2D eigenvalue weighted by Gasteiger charge is 2.25. The van der Waals surface area contributed by atoms with E-state index in [1.165, 1.54) is 12.1 Å². The van der Waals surface area contributed by atoms with Crippen LogP contribution in [0.4, 0.5) is 10.2 Å². The summed E-state index contributed by atoms with van der Waals surface area (Å²) in [4.78, 5) is 14.4. The number of nitrogens with zero attached hydrogens (tertiary/aromatic N) is 2. The molecular formula is C17H20FN3O2. The SMILES string of the molecule is Cc1cc(NC(=O)CN2CCCC[C@H]2c2ccc(F)cc2)no1. The van der Waals surface area contributed by atoms with Gasteiger partial charge in [0.05, 0.1) is 6.54 Å². The first-order valence-electron chi connectivity index (χ1n) is 7.84. The fourth-order valence-corrected chi connectivity index (χ4v) is 3.03. The van der Waals surface area contributed by atoms with Gasteiger partial charge in [-0.25, -0.2) is 4.39 Å². The van der Waals surface area contributed by atoms with Crippen molar-refractivity contribution in [2.45, 2.75) is 32.2 Å². The minimum atomic E-state index is -0.241. The highest BCUT2D eigenvalue weighted by molar-refractivity contribution is 5.91. The predicted molar refractivity (Wildman–Crippen MR) is 84.4 cm³/mol. The van der Waals surface area contributed by atoms with Crippen LogP contribution in [-0.4, -0.2) is 29.1 Å². The van der Waals surface area contributed by atoms with Crippen LogP contribution < -0.4 is 5.32 Å². The lowest BCUT2D eigenvalue weighted by Gasteiger charge is -2.35. The summed E-state index contributed by atoms with van der Waals surface area (Å²) in [6, 6.07) is 8.38. The van der Waals surface area contributed by atoms with Crippen molar-refractivity contribution in [3.05, 3.63) is 47.5 Å². The van der Waals surface area contributed by atoms with Gasteiger partial charge in [-0.3, -0.25) is 9.69 Å². The van der Waals surface area contributed by atoms with E-state index in [9.17, 15) is 9.18 Å². The van der Waals surface area contributed by atoms with Gasteiger partial charge in [-0.15, -0.1) is 0 Å². The van der Waals surface area contributed by atoms with Gasteiger partial charge in [0.2, 0.25) is 5.91 Å². The minimum Gasteiger partial charge on any atom is -0.360 e. The van der Waals surface area contributed by atoms with E-state index in [0.29, 0.717) is 11.6 Å². The number of nitrogens with one attached hydrogen (secondary N) is 1. The zero-order valence-electron chi connectivity index (χ0n) is 13.1. The van der Waals surface area contributed by atoms with E-state index in [1.807, 2.05) is 0 Å². The third kappa shape index (κ3) is 3.96. The highest BCUT2D eigenvalue weighted by atomic mass is 19.1. The van der Waals surface area contributed by atoms with Crippen LogP contribution in [0, 0.1) is 12.7 Å². The van der Waals surface area contributed by atoms with Crippen molar-refractivity contribution >= 4 is 11.7 Å². The van der Waals surface area contributed by atoms with Crippen molar-refractivity contribution in [1.82, 2.24) is 10.1 Å². The number of rotatable bonds is 4. The number of anilines is 1. The van der Waals surface area contributed by atoms with E-state index in [2.05, 4.69) is 15.4 Å². The lowest BCUT2D eigenvalue weighted by molar-refractivity contribution is -0.118. The van der Waals surface area contributed by atoms with Crippen molar-refractivity contribution in [3.63, 3.8) is 0 Å². The molecule has 6 heteroatoms. The van der Waals surface area contributed by atoms with Gasteiger partial charge in [-0.1, -0.05) is 23.7 Å². The van der Waals surface area contributed by atoms with Crippen LogP contribution in [-0.2, 0) is 4.79 Å². The first-order chi connectivity index (χ1) is 11.1. The number of benzene rings is 1. The molecule has 1 N–H and O–H groups in total. The Bertz CT molecular complexity index is 669. The summed E-state index contributed by atoms with van der Waals surface area (Å²) in [6.45, 7) is 2.92. The van der Waals surface area contributed by atoms with Crippen LogP contribution in [0.5, 0.6) is 0 Å². The first-order valence-corrected chi connectivity index (χ1v) is 7.84. The third-order valence-electron chi connectivity index (χ3n) is 4.11. The summed E-state index contributed by atoms with van der Waals surface area (Å²) < 4.78 is 18.1. The zero-order valence-corrected chi connectivity index (χ0v) is 13.1. The van der Waals surface area contributed by atoms with Crippen LogP contribution in [0.15, 0.2) is 34.9 Å². The quantitative estimate of drug-likeness (QED) is 0.940. The molecule has 1 fully saturated rings. The molecule has 0 radical (unpaired) electrons. The fourth-order valence-electron chi connectivity index (χ4n) is 3.03. The van der Waals surface area contributed by atoms with Gasteiger partial charge in [0.25, 0.3) is 0 Å². The lowest BCUT2D eigenvalue weighted by Crippen LogP contribution is -2.39. The van der Waals surface area contributed by atoms with E-state index in [4.69, 9.17) is 4.52 Å². The number of carbonyl (C=O) groups excluding carboxylic acids is 1. The monoisotopic (exact) mass is 317 g/mol. The Morgan fingerprint density at radius 3 is 2.87 bits per heavy atom. The van der Waals surface area contributed by atoms with Crippen molar-refractivity contribution in [2.75, 3.05) is 18.4 Å². The maximum absolute atomic E-state index is 13.1. The van der Waals surface area contributed by atoms with Gasteiger partial charge in [-0.2, -0.15) is 0 Å². The highest BCUT2D eigenvalue weighted by Crippen LogP contribution is 2.30. The summed E-state index contributed by atoms with van der Waals surface area (Å²) in [6.07, 6.45) is 3.15. The summed E-state index contributed by atoms with van der Waals surface area (Å²) in [7, 11) is 0. The molecule has 1 aliphatic heterocycles. The Hall–Kier alpha value is -2.21. The molecule has 0 spiro atoms. The Kier molecular flexibility index (Phi) is 4.71. The second kappa shape index (κ2) is 6.91. The van der Waals surface area contributed by atoms with E-state index >= 15 is 0 Å². The summed E-state index contributed by atoms with van der Waals surface area (Å²) in [5.41, 5.74) is 1.05.